The van der Waals surface area contributed by atoms with Gasteiger partial charge in [-0.15, -0.1) is 0 Å². The van der Waals surface area contributed by atoms with E-state index in [-0.39, 0.29) is 21.7 Å². The Balaban J connectivity index is 2.94. The van der Waals surface area contributed by atoms with E-state index in [0.717, 1.165) is 12.1 Å². The van der Waals surface area contributed by atoms with E-state index in [1.807, 2.05) is 0 Å². The van der Waals surface area contributed by atoms with Gasteiger partial charge in [0.15, 0.2) is 5.96 Å². The third-order valence-electron chi connectivity index (χ3n) is 2.18. The Bertz CT molecular complexity index is 641. The van der Waals surface area contributed by atoms with Gasteiger partial charge in [0.05, 0.1) is 15.7 Å². The maximum Gasteiger partial charge on any atom is 0.491 e. The Morgan fingerprint density at radius 3 is 2.22 bits per heavy atom. The fourth-order valence-corrected chi connectivity index (χ4v) is 1.77. The molecule has 0 atom stereocenters. The van der Waals surface area contributed by atoms with Crippen molar-refractivity contribution in [2.75, 3.05) is 12.4 Å². The summed E-state index contributed by atoms with van der Waals surface area (Å²) in [6.45, 7) is 0. The molecule has 2 amide bonds. The van der Waals surface area contributed by atoms with Crippen LogP contribution in [0.15, 0.2) is 17.1 Å². The van der Waals surface area contributed by atoms with Gasteiger partial charge in [0.1, 0.15) is 5.75 Å². The van der Waals surface area contributed by atoms with Crippen LogP contribution in [0, 0.1) is 0 Å². The van der Waals surface area contributed by atoms with Crippen molar-refractivity contribution in [3.8, 4) is 5.75 Å². The molecule has 0 aliphatic heterocycles. The Morgan fingerprint density at radius 1 is 1.26 bits per heavy atom. The number of aliphatic imine (C=N–C) groups is 1. The van der Waals surface area contributed by atoms with Crippen molar-refractivity contribution in [2.45, 2.75) is 6.18 Å². The molecule has 0 saturated carbocycles. The lowest BCUT2D eigenvalue weighted by atomic mass is 10.3. The molecular weight excluding hydrogens is 364 g/mol. The van der Waals surface area contributed by atoms with Gasteiger partial charge in [-0.2, -0.15) is 13.2 Å². The molecule has 12 heteroatoms. The summed E-state index contributed by atoms with van der Waals surface area (Å²) >= 11 is 11.6. The second-order valence-corrected chi connectivity index (χ2v) is 4.65. The van der Waals surface area contributed by atoms with Crippen molar-refractivity contribution in [3.05, 3.63) is 22.2 Å². The monoisotopic (exact) mass is 372 g/mol. The first-order valence-electron chi connectivity index (χ1n) is 5.63. The van der Waals surface area contributed by atoms with E-state index in [2.05, 4.69) is 20.4 Å². The summed E-state index contributed by atoms with van der Waals surface area (Å²) in [5.74, 6) is -3.16. The Morgan fingerprint density at radius 2 is 1.78 bits per heavy atom. The van der Waals surface area contributed by atoms with Crippen molar-refractivity contribution in [1.29, 1.82) is 0 Å². The van der Waals surface area contributed by atoms with Gasteiger partial charge in [-0.1, -0.05) is 23.2 Å². The quantitative estimate of drug-likeness (QED) is 0.321. The number of alkyl halides is 3. The number of esters is 1. The zero-order valence-electron chi connectivity index (χ0n) is 11.3. The van der Waals surface area contributed by atoms with Crippen molar-refractivity contribution in [1.82, 2.24) is 5.32 Å². The first-order chi connectivity index (χ1) is 10.5. The maximum absolute atomic E-state index is 12.1. The smallest absolute Gasteiger partial charge is 0.420 e. The van der Waals surface area contributed by atoms with E-state index in [4.69, 9.17) is 28.9 Å². The molecule has 0 spiro atoms. The summed E-state index contributed by atoms with van der Waals surface area (Å²) in [6, 6.07) is 0.922. The topological polar surface area (TPSA) is 106 Å². The molecule has 0 aliphatic rings. The second kappa shape index (κ2) is 7.38. The van der Waals surface area contributed by atoms with Gasteiger partial charge >= 0.3 is 18.2 Å². The molecule has 0 unspecified atom stereocenters. The third-order valence-corrected chi connectivity index (χ3v) is 2.77. The minimum absolute atomic E-state index is 0.124. The molecule has 4 N–H and O–H groups in total. The molecule has 23 heavy (non-hydrogen) atoms. The Labute approximate surface area is 137 Å². The molecule has 0 bridgehead atoms. The van der Waals surface area contributed by atoms with Crippen molar-refractivity contribution in [2.24, 2.45) is 10.7 Å². The predicted octanol–water partition coefficient (Wildman–Crippen LogP) is 2.53. The normalized spacial score (nSPS) is 11.8. The number of carbonyl (C=O) groups excluding carboxylic acids is 2. The van der Waals surface area contributed by atoms with Crippen LogP contribution in [0.3, 0.4) is 0 Å². The molecule has 0 heterocycles. The lowest BCUT2D eigenvalue weighted by molar-refractivity contribution is -0.189. The summed E-state index contributed by atoms with van der Waals surface area (Å²) in [6.07, 6.45) is -5.17. The lowest BCUT2D eigenvalue weighted by Crippen LogP contribution is -2.39. The fraction of sp³-hybridized carbons (Fsp3) is 0.182. The molecule has 0 aromatic heterocycles. The molecule has 0 aliphatic carbocycles. The summed E-state index contributed by atoms with van der Waals surface area (Å²) in [5, 5.41) is 3.82. The number of nitrogens with zero attached hydrogens (tertiary/aromatic N) is 1. The van der Waals surface area contributed by atoms with E-state index in [1.165, 1.54) is 7.05 Å². The minimum Gasteiger partial charge on any atom is -0.420 e. The number of nitrogens with one attached hydrogen (secondary N) is 2. The summed E-state index contributed by atoms with van der Waals surface area (Å²) < 4.78 is 40.4. The van der Waals surface area contributed by atoms with Crippen LogP contribution in [0.1, 0.15) is 0 Å². The Hall–Kier alpha value is -2.20. The number of hydrogen-bond donors (Lipinski definition) is 3. The Kier molecular flexibility index (Phi) is 6.05. The van der Waals surface area contributed by atoms with E-state index < -0.39 is 23.9 Å². The number of ether oxygens (including phenoxy) is 1. The SMILES string of the molecule is CN=C(N)NC(=O)Nc1c(Cl)cc(OC(=O)C(F)(F)F)cc1Cl. The highest BCUT2D eigenvalue weighted by Crippen LogP contribution is 2.35. The van der Waals surface area contributed by atoms with Crippen LogP contribution in [-0.2, 0) is 4.79 Å². The molecule has 0 saturated heterocycles. The van der Waals surface area contributed by atoms with Crippen LogP contribution in [-0.4, -0.2) is 31.2 Å². The number of anilines is 1. The van der Waals surface area contributed by atoms with Gasteiger partial charge in [-0.05, 0) is 0 Å². The fourth-order valence-electron chi connectivity index (χ4n) is 1.21. The highest BCUT2D eigenvalue weighted by atomic mass is 35.5. The molecule has 0 radical (unpaired) electrons. The van der Waals surface area contributed by atoms with Gasteiger partial charge in [0, 0.05) is 19.2 Å². The number of hydrogen-bond acceptors (Lipinski definition) is 4. The van der Waals surface area contributed by atoms with Crippen LogP contribution < -0.4 is 21.1 Å². The van der Waals surface area contributed by atoms with Gasteiger partial charge in [-0.3, -0.25) is 10.3 Å². The molecule has 1 aromatic carbocycles. The molecule has 126 valence electrons. The van der Waals surface area contributed by atoms with Crippen LogP contribution in [0.5, 0.6) is 5.75 Å². The third kappa shape index (κ3) is 5.49. The number of urea groups is 1. The first kappa shape index (κ1) is 18.8. The average molecular weight is 373 g/mol. The average Bonchev–Trinajstić information content (AvgIpc) is 2.41. The number of rotatable bonds is 2. The van der Waals surface area contributed by atoms with Crippen molar-refractivity contribution in [3.63, 3.8) is 0 Å². The van der Waals surface area contributed by atoms with Crippen LogP contribution in [0.2, 0.25) is 10.0 Å². The summed E-state index contributed by atoms with van der Waals surface area (Å²) in [4.78, 5) is 25.8. The van der Waals surface area contributed by atoms with Crippen LogP contribution in [0.4, 0.5) is 23.7 Å². The second-order valence-electron chi connectivity index (χ2n) is 3.84. The number of carbonyl (C=O) groups is 2. The number of halogens is 5. The van der Waals surface area contributed by atoms with Crippen LogP contribution >= 0.6 is 23.2 Å². The first-order valence-corrected chi connectivity index (χ1v) is 6.38. The summed E-state index contributed by atoms with van der Waals surface area (Å²) in [5.41, 5.74) is 5.15. The van der Waals surface area contributed by atoms with E-state index in [9.17, 15) is 22.8 Å². The zero-order valence-corrected chi connectivity index (χ0v) is 12.8. The maximum atomic E-state index is 12.1. The largest absolute Gasteiger partial charge is 0.491 e. The van der Waals surface area contributed by atoms with E-state index >= 15 is 0 Å². The zero-order chi connectivity index (χ0) is 17.8. The van der Waals surface area contributed by atoms with Crippen molar-refractivity contribution >= 4 is 46.8 Å². The minimum atomic E-state index is -5.17. The standard InChI is InChI=1S/C11H9Cl2F3N4O3/c1-18-9(17)20-10(22)19-7-5(12)2-4(3-6(7)13)23-8(21)11(14,15)16/h2-3H,1H3,(H4,17,18,19,20,22). The summed E-state index contributed by atoms with van der Waals surface area (Å²) in [7, 11) is 1.33. The predicted molar refractivity (Wildman–Crippen MR) is 77.9 cm³/mol. The van der Waals surface area contributed by atoms with Gasteiger partial charge in [-0.25, -0.2) is 9.59 Å². The lowest BCUT2D eigenvalue weighted by Gasteiger charge is -2.12. The highest BCUT2D eigenvalue weighted by Gasteiger charge is 2.41. The van der Waals surface area contributed by atoms with E-state index in [0.29, 0.717) is 0 Å². The van der Waals surface area contributed by atoms with Gasteiger partial charge < -0.3 is 15.8 Å². The van der Waals surface area contributed by atoms with Gasteiger partial charge in [0.2, 0.25) is 0 Å². The molecule has 7 nitrogen and oxygen atoms in total. The number of benzene rings is 1. The highest BCUT2D eigenvalue weighted by molar-refractivity contribution is 6.40. The van der Waals surface area contributed by atoms with Crippen molar-refractivity contribution < 1.29 is 27.5 Å². The molecule has 0 fully saturated rings. The number of guanidine groups is 1. The molecule has 1 aromatic rings. The molecule has 1 rings (SSSR count). The van der Waals surface area contributed by atoms with E-state index in [1.54, 1.807) is 0 Å². The molecular formula is C11H9Cl2F3N4O3. The van der Waals surface area contributed by atoms with Gasteiger partial charge in [0.25, 0.3) is 0 Å². The number of amides is 2. The van der Waals surface area contributed by atoms with Crippen LogP contribution in [0.25, 0.3) is 0 Å². The number of nitrogens with two attached hydrogens (primary N) is 1.